The van der Waals surface area contributed by atoms with Crippen molar-refractivity contribution in [3.8, 4) is 5.88 Å². The summed E-state index contributed by atoms with van der Waals surface area (Å²) in [5.41, 5.74) is 2.17. The summed E-state index contributed by atoms with van der Waals surface area (Å²) in [7, 11) is 1.60. The number of aromatic nitrogens is 1. The van der Waals surface area contributed by atoms with Crippen molar-refractivity contribution in [1.82, 2.24) is 4.98 Å². The Bertz CT molecular complexity index is 512. The first-order valence-corrected chi connectivity index (χ1v) is 6.66. The molecule has 4 heteroatoms. The van der Waals surface area contributed by atoms with E-state index in [0.29, 0.717) is 19.0 Å². The SMILES string of the molecule is COc1ccc(CN(C[C@@H](C)O)c2ccccc2)cn1. The van der Waals surface area contributed by atoms with Crippen LogP contribution in [0, 0.1) is 0 Å². The lowest BCUT2D eigenvalue weighted by atomic mass is 10.2. The highest BCUT2D eigenvalue weighted by atomic mass is 16.5. The van der Waals surface area contributed by atoms with Crippen molar-refractivity contribution < 1.29 is 9.84 Å². The molecule has 0 bridgehead atoms. The first kappa shape index (κ1) is 14.3. The minimum atomic E-state index is -0.388. The Morgan fingerprint density at radius 2 is 1.95 bits per heavy atom. The smallest absolute Gasteiger partial charge is 0.212 e. The number of methoxy groups -OCH3 is 1. The van der Waals surface area contributed by atoms with E-state index in [-0.39, 0.29) is 6.10 Å². The first-order chi connectivity index (χ1) is 9.69. The number of nitrogens with zero attached hydrogens (tertiary/aromatic N) is 2. The van der Waals surface area contributed by atoms with Crippen LogP contribution in [0.2, 0.25) is 0 Å². The van der Waals surface area contributed by atoms with Gasteiger partial charge >= 0.3 is 0 Å². The molecule has 1 atom stereocenters. The molecule has 106 valence electrons. The Morgan fingerprint density at radius 3 is 2.50 bits per heavy atom. The maximum atomic E-state index is 9.67. The molecule has 0 unspecified atom stereocenters. The van der Waals surface area contributed by atoms with Gasteiger partial charge in [0.05, 0.1) is 13.2 Å². The van der Waals surface area contributed by atoms with Gasteiger partial charge in [-0.25, -0.2) is 4.98 Å². The number of ether oxygens (including phenoxy) is 1. The number of aliphatic hydroxyl groups is 1. The molecular formula is C16H20N2O2. The van der Waals surface area contributed by atoms with Crippen molar-refractivity contribution in [1.29, 1.82) is 0 Å². The third-order valence-electron chi connectivity index (χ3n) is 2.99. The highest BCUT2D eigenvalue weighted by Gasteiger charge is 2.10. The van der Waals surface area contributed by atoms with Gasteiger partial charge in [0, 0.05) is 31.0 Å². The molecule has 1 aromatic heterocycles. The number of hydrogen-bond acceptors (Lipinski definition) is 4. The van der Waals surface area contributed by atoms with E-state index in [4.69, 9.17) is 4.74 Å². The largest absolute Gasteiger partial charge is 0.481 e. The Labute approximate surface area is 119 Å². The summed E-state index contributed by atoms with van der Waals surface area (Å²) >= 11 is 0. The van der Waals surface area contributed by atoms with Crippen molar-refractivity contribution in [2.45, 2.75) is 19.6 Å². The van der Waals surface area contributed by atoms with E-state index in [2.05, 4.69) is 9.88 Å². The quantitative estimate of drug-likeness (QED) is 0.877. The third kappa shape index (κ3) is 3.96. The molecule has 1 aromatic carbocycles. The van der Waals surface area contributed by atoms with Crippen molar-refractivity contribution in [2.75, 3.05) is 18.6 Å². The van der Waals surface area contributed by atoms with Crippen molar-refractivity contribution >= 4 is 5.69 Å². The summed E-state index contributed by atoms with van der Waals surface area (Å²) in [4.78, 5) is 6.34. The number of anilines is 1. The zero-order valence-electron chi connectivity index (χ0n) is 11.9. The van der Waals surface area contributed by atoms with E-state index in [1.165, 1.54) is 0 Å². The van der Waals surface area contributed by atoms with Gasteiger partial charge in [-0.2, -0.15) is 0 Å². The molecule has 0 spiro atoms. The van der Waals surface area contributed by atoms with E-state index in [1.807, 2.05) is 42.5 Å². The normalized spacial score (nSPS) is 11.9. The molecular weight excluding hydrogens is 252 g/mol. The van der Waals surface area contributed by atoms with Gasteiger partial charge in [-0.15, -0.1) is 0 Å². The average Bonchev–Trinajstić information content (AvgIpc) is 2.48. The molecule has 0 aliphatic heterocycles. The number of aliphatic hydroxyl groups excluding tert-OH is 1. The topological polar surface area (TPSA) is 45.6 Å². The van der Waals surface area contributed by atoms with Crippen molar-refractivity contribution in [3.63, 3.8) is 0 Å². The van der Waals surface area contributed by atoms with E-state index in [1.54, 1.807) is 20.2 Å². The Hall–Kier alpha value is -2.07. The number of hydrogen-bond donors (Lipinski definition) is 1. The van der Waals surface area contributed by atoms with Gasteiger partial charge in [-0.1, -0.05) is 24.3 Å². The van der Waals surface area contributed by atoms with Gasteiger partial charge in [0.1, 0.15) is 0 Å². The average molecular weight is 272 g/mol. The predicted molar refractivity (Wildman–Crippen MR) is 80.0 cm³/mol. The van der Waals surface area contributed by atoms with Crippen LogP contribution in [0.1, 0.15) is 12.5 Å². The summed E-state index contributed by atoms with van der Waals surface area (Å²) in [5, 5.41) is 9.67. The van der Waals surface area contributed by atoms with E-state index in [9.17, 15) is 5.11 Å². The van der Waals surface area contributed by atoms with Gasteiger partial charge in [-0.3, -0.25) is 0 Å². The first-order valence-electron chi connectivity index (χ1n) is 6.66. The molecule has 1 N–H and O–H groups in total. The summed E-state index contributed by atoms with van der Waals surface area (Å²) in [5.74, 6) is 0.607. The summed E-state index contributed by atoms with van der Waals surface area (Å²) in [6.45, 7) is 3.07. The molecule has 0 aliphatic rings. The van der Waals surface area contributed by atoms with Gasteiger partial charge in [-0.05, 0) is 24.6 Å². The summed E-state index contributed by atoms with van der Waals surface area (Å²) in [6, 6.07) is 13.9. The van der Waals surface area contributed by atoms with Gasteiger partial charge in [0.25, 0.3) is 0 Å². The van der Waals surface area contributed by atoms with Gasteiger partial charge in [0.2, 0.25) is 5.88 Å². The minimum Gasteiger partial charge on any atom is -0.481 e. The minimum absolute atomic E-state index is 0.388. The second-order valence-corrected chi connectivity index (χ2v) is 4.77. The molecule has 2 rings (SSSR count). The van der Waals surface area contributed by atoms with E-state index >= 15 is 0 Å². The second-order valence-electron chi connectivity index (χ2n) is 4.77. The van der Waals surface area contributed by atoms with Gasteiger partial charge < -0.3 is 14.7 Å². The molecule has 1 heterocycles. The zero-order valence-corrected chi connectivity index (χ0v) is 11.9. The van der Waals surface area contributed by atoms with Crippen LogP contribution in [0.25, 0.3) is 0 Å². The monoisotopic (exact) mass is 272 g/mol. The predicted octanol–water partition coefficient (Wildman–Crippen LogP) is 2.48. The van der Waals surface area contributed by atoms with E-state index < -0.39 is 0 Å². The Morgan fingerprint density at radius 1 is 1.20 bits per heavy atom. The third-order valence-corrected chi connectivity index (χ3v) is 2.99. The number of rotatable bonds is 6. The molecule has 0 saturated carbocycles. The van der Waals surface area contributed by atoms with Crippen LogP contribution in [-0.2, 0) is 6.54 Å². The van der Waals surface area contributed by atoms with Crippen LogP contribution in [0.5, 0.6) is 5.88 Å². The zero-order chi connectivity index (χ0) is 14.4. The highest BCUT2D eigenvalue weighted by Crippen LogP contribution is 2.17. The van der Waals surface area contributed by atoms with Crippen molar-refractivity contribution in [3.05, 3.63) is 54.2 Å². The summed E-state index contributed by atoms with van der Waals surface area (Å²) in [6.07, 6.45) is 1.41. The molecule has 0 radical (unpaired) electrons. The molecule has 0 fully saturated rings. The second kappa shape index (κ2) is 6.91. The number of para-hydroxylation sites is 1. The van der Waals surface area contributed by atoms with E-state index in [0.717, 1.165) is 11.3 Å². The number of pyridine rings is 1. The molecule has 0 amide bonds. The molecule has 4 nitrogen and oxygen atoms in total. The maximum absolute atomic E-state index is 9.67. The van der Waals surface area contributed by atoms with Gasteiger partial charge in [0.15, 0.2) is 0 Å². The summed E-state index contributed by atoms with van der Waals surface area (Å²) < 4.78 is 5.06. The van der Waals surface area contributed by atoms with Crippen LogP contribution >= 0.6 is 0 Å². The fraction of sp³-hybridized carbons (Fsp3) is 0.312. The fourth-order valence-electron chi connectivity index (χ4n) is 2.06. The lowest BCUT2D eigenvalue weighted by Gasteiger charge is -2.26. The fourth-order valence-corrected chi connectivity index (χ4v) is 2.06. The molecule has 2 aromatic rings. The Kier molecular flexibility index (Phi) is 4.96. The molecule has 0 saturated heterocycles. The van der Waals surface area contributed by atoms with Crippen LogP contribution in [0.3, 0.4) is 0 Å². The Balaban J connectivity index is 2.14. The lowest BCUT2D eigenvalue weighted by Crippen LogP contribution is -2.30. The van der Waals surface area contributed by atoms with Crippen LogP contribution in [-0.4, -0.2) is 29.8 Å². The van der Waals surface area contributed by atoms with Crippen molar-refractivity contribution in [2.24, 2.45) is 0 Å². The standard InChI is InChI=1S/C16H20N2O2/c1-13(19)11-18(15-6-4-3-5-7-15)12-14-8-9-16(20-2)17-10-14/h3-10,13,19H,11-12H2,1-2H3/t13-/m1/s1. The lowest BCUT2D eigenvalue weighted by molar-refractivity contribution is 0.199. The van der Waals surface area contributed by atoms with Crippen LogP contribution < -0.4 is 9.64 Å². The van der Waals surface area contributed by atoms with Crippen LogP contribution in [0.4, 0.5) is 5.69 Å². The number of benzene rings is 1. The van der Waals surface area contributed by atoms with Crippen LogP contribution in [0.15, 0.2) is 48.7 Å². The molecule has 0 aliphatic carbocycles. The highest BCUT2D eigenvalue weighted by molar-refractivity contribution is 5.46. The maximum Gasteiger partial charge on any atom is 0.212 e. The molecule has 20 heavy (non-hydrogen) atoms.